The van der Waals surface area contributed by atoms with Gasteiger partial charge in [0.1, 0.15) is 0 Å². The van der Waals surface area contributed by atoms with E-state index in [1.54, 1.807) is 24.3 Å². The van der Waals surface area contributed by atoms with Gasteiger partial charge < -0.3 is 16.8 Å². The molecule has 0 saturated heterocycles. The monoisotopic (exact) mass is 297 g/mol. The van der Waals surface area contributed by atoms with Crippen LogP contribution in [-0.4, -0.2) is 17.9 Å². The van der Waals surface area contributed by atoms with Crippen molar-refractivity contribution < 1.29 is 9.59 Å². The molecule has 1 aromatic carbocycles. The summed E-state index contributed by atoms with van der Waals surface area (Å²) in [5, 5.41) is 3.34. The number of amides is 2. The summed E-state index contributed by atoms with van der Waals surface area (Å²) in [5.74, 6) is -0.643. The fraction of sp³-hybridized carbons (Fsp3) is 0.429. The smallest absolute Gasteiger partial charge is 0.220 e. The molecule has 0 aromatic heterocycles. The van der Waals surface area contributed by atoms with Crippen molar-refractivity contribution in [3.63, 3.8) is 0 Å². The summed E-state index contributed by atoms with van der Waals surface area (Å²) in [4.78, 5) is 23.0. The van der Waals surface area contributed by atoms with Crippen LogP contribution in [-0.2, 0) is 9.59 Å². The number of hydrogen-bond donors (Lipinski definition) is 3. The van der Waals surface area contributed by atoms with Gasteiger partial charge in [0.2, 0.25) is 11.8 Å². The van der Waals surface area contributed by atoms with Crippen LogP contribution in [0.15, 0.2) is 24.3 Å². The second-order valence-corrected chi connectivity index (χ2v) is 5.30. The minimum atomic E-state index is -0.484. The highest BCUT2D eigenvalue weighted by Gasteiger charge is 2.17. The van der Waals surface area contributed by atoms with Gasteiger partial charge in [-0.15, -0.1) is 0 Å². The van der Waals surface area contributed by atoms with Gasteiger partial charge in [-0.2, -0.15) is 0 Å². The molecule has 0 fully saturated rings. The molecule has 0 aliphatic rings. The number of carbonyl (C=O) groups excluding carboxylic acids is 2. The summed E-state index contributed by atoms with van der Waals surface area (Å²) >= 11 is 5.92. The normalized spacial score (nSPS) is 13.6. The summed E-state index contributed by atoms with van der Waals surface area (Å²) in [5.41, 5.74) is 11.6. The van der Waals surface area contributed by atoms with E-state index in [2.05, 4.69) is 5.32 Å². The molecular weight excluding hydrogens is 278 g/mol. The number of nitrogens with two attached hydrogens (primary N) is 2. The quantitative estimate of drug-likeness (QED) is 0.711. The molecule has 5 nitrogen and oxygen atoms in total. The van der Waals surface area contributed by atoms with Crippen molar-refractivity contribution in [2.45, 2.75) is 38.3 Å². The molecule has 1 rings (SSSR count). The van der Waals surface area contributed by atoms with Crippen LogP contribution in [0.2, 0.25) is 5.02 Å². The van der Waals surface area contributed by atoms with Crippen molar-refractivity contribution in [1.82, 2.24) is 5.32 Å². The van der Waals surface area contributed by atoms with Gasteiger partial charge in [0.05, 0.1) is 12.5 Å². The predicted octanol–water partition coefficient (Wildman–Crippen LogP) is 1.50. The molecule has 0 radical (unpaired) electrons. The zero-order chi connectivity index (χ0) is 15.1. The Bertz CT molecular complexity index is 477. The average molecular weight is 298 g/mol. The number of benzene rings is 1. The van der Waals surface area contributed by atoms with Gasteiger partial charge in [-0.05, 0) is 31.0 Å². The standard InChI is InChI=1S/C14H20ClN3O2/c1-9(16)5-6-14(20)18-12(8-13(17)19)10-3-2-4-11(15)7-10/h2-4,7,9,12H,5-6,8,16H2,1H3,(H2,17,19)(H,18,20)/t9?,12-/m1/s1. The third-order valence-electron chi connectivity index (χ3n) is 2.82. The summed E-state index contributed by atoms with van der Waals surface area (Å²) in [6.45, 7) is 1.84. The first kappa shape index (κ1) is 16.5. The minimum absolute atomic E-state index is 0.0320. The minimum Gasteiger partial charge on any atom is -0.370 e. The molecule has 0 heterocycles. The van der Waals surface area contributed by atoms with E-state index in [9.17, 15) is 9.59 Å². The molecule has 0 saturated carbocycles. The largest absolute Gasteiger partial charge is 0.370 e. The van der Waals surface area contributed by atoms with E-state index in [1.807, 2.05) is 6.92 Å². The van der Waals surface area contributed by atoms with Gasteiger partial charge in [0.15, 0.2) is 0 Å². The van der Waals surface area contributed by atoms with E-state index in [-0.39, 0.29) is 18.4 Å². The molecule has 0 bridgehead atoms. The molecule has 0 spiro atoms. The SMILES string of the molecule is CC(N)CCC(=O)N[C@H](CC(N)=O)c1cccc(Cl)c1. The summed E-state index contributed by atoms with van der Waals surface area (Å²) < 4.78 is 0. The van der Waals surface area contributed by atoms with E-state index in [4.69, 9.17) is 23.1 Å². The average Bonchev–Trinajstić information content (AvgIpc) is 2.35. The summed E-state index contributed by atoms with van der Waals surface area (Å²) in [7, 11) is 0. The predicted molar refractivity (Wildman–Crippen MR) is 79.0 cm³/mol. The maximum atomic E-state index is 11.8. The molecule has 2 atom stereocenters. The van der Waals surface area contributed by atoms with Crippen molar-refractivity contribution in [3.05, 3.63) is 34.9 Å². The van der Waals surface area contributed by atoms with E-state index in [0.29, 0.717) is 17.9 Å². The Morgan fingerprint density at radius 1 is 1.40 bits per heavy atom. The van der Waals surface area contributed by atoms with Crippen LogP contribution in [0.25, 0.3) is 0 Å². The lowest BCUT2D eigenvalue weighted by molar-refractivity contribution is -0.122. The number of rotatable bonds is 7. The number of hydrogen-bond acceptors (Lipinski definition) is 3. The maximum Gasteiger partial charge on any atom is 0.220 e. The number of primary amides is 1. The van der Waals surface area contributed by atoms with Crippen LogP contribution in [0.4, 0.5) is 0 Å². The maximum absolute atomic E-state index is 11.8. The highest BCUT2D eigenvalue weighted by atomic mass is 35.5. The number of carbonyl (C=O) groups is 2. The van der Waals surface area contributed by atoms with E-state index in [1.165, 1.54) is 0 Å². The Morgan fingerprint density at radius 3 is 2.65 bits per heavy atom. The molecule has 6 heteroatoms. The van der Waals surface area contributed by atoms with E-state index in [0.717, 1.165) is 5.56 Å². The topological polar surface area (TPSA) is 98.2 Å². The molecular formula is C14H20ClN3O2. The van der Waals surface area contributed by atoms with Crippen LogP contribution in [0, 0.1) is 0 Å². The van der Waals surface area contributed by atoms with Crippen LogP contribution < -0.4 is 16.8 Å². The van der Waals surface area contributed by atoms with Crippen LogP contribution in [0.1, 0.15) is 37.8 Å². The Balaban J connectivity index is 2.74. The summed E-state index contributed by atoms with van der Waals surface area (Å²) in [6, 6.07) is 6.49. The third kappa shape index (κ3) is 6.04. The van der Waals surface area contributed by atoms with Crippen LogP contribution in [0.3, 0.4) is 0 Å². The Hall–Kier alpha value is -1.59. The lowest BCUT2D eigenvalue weighted by atomic mass is 10.0. The van der Waals surface area contributed by atoms with Crippen molar-refractivity contribution in [3.8, 4) is 0 Å². The molecule has 1 unspecified atom stereocenters. The van der Waals surface area contributed by atoms with Gasteiger partial charge in [-0.25, -0.2) is 0 Å². The van der Waals surface area contributed by atoms with Crippen molar-refractivity contribution in [2.24, 2.45) is 11.5 Å². The van der Waals surface area contributed by atoms with Crippen LogP contribution in [0.5, 0.6) is 0 Å². The number of halogens is 1. The molecule has 110 valence electrons. The molecule has 1 aromatic rings. The van der Waals surface area contributed by atoms with Crippen molar-refractivity contribution >= 4 is 23.4 Å². The fourth-order valence-electron chi connectivity index (χ4n) is 1.80. The molecule has 2 amide bonds. The van der Waals surface area contributed by atoms with Gasteiger partial charge in [0, 0.05) is 17.5 Å². The second kappa shape index (κ2) is 7.87. The van der Waals surface area contributed by atoms with Gasteiger partial charge >= 0.3 is 0 Å². The highest BCUT2D eigenvalue weighted by molar-refractivity contribution is 6.30. The van der Waals surface area contributed by atoms with Gasteiger partial charge in [-0.3, -0.25) is 9.59 Å². The first-order chi connectivity index (χ1) is 9.38. The second-order valence-electron chi connectivity index (χ2n) is 4.86. The third-order valence-corrected chi connectivity index (χ3v) is 3.05. The van der Waals surface area contributed by atoms with Gasteiger partial charge in [-0.1, -0.05) is 23.7 Å². The van der Waals surface area contributed by atoms with E-state index >= 15 is 0 Å². The number of nitrogens with one attached hydrogen (secondary N) is 1. The van der Waals surface area contributed by atoms with Crippen molar-refractivity contribution in [2.75, 3.05) is 0 Å². The van der Waals surface area contributed by atoms with Crippen molar-refractivity contribution in [1.29, 1.82) is 0 Å². The zero-order valence-electron chi connectivity index (χ0n) is 11.4. The molecule has 0 aliphatic carbocycles. The first-order valence-corrected chi connectivity index (χ1v) is 6.85. The lowest BCUT2D eigenvalue weighted by Gasteiger charge is -2.18. The Labute approximate surface area is 123 Å². The fourth-order valence-corrected chi connectivity index (χ4v) is 2.00. The van der Waals surface area contributed by atoms with Crippen LogP contribution >= 0.6 is 11.6 Å². The Morgan fingerprint density at radius 2 is 2.10 bits per heavy atom. The highest BCUT2D eigenvalue weighted by Crippen LogP contribution is 2.20. The summed E-state index contributed by atoms with van der Waals surface area (Å²) in [6.07, 6.45) is 0.933. The zero-order valence-corrected chi connectivity index (χ0v) is 12.2. The first-order valence-electron chi connectivity index (χ1n) is 6.47. The van der Waals surface area contributed by atoms with E-state index < -0.39 is 11.9 Å². The molecule has 5 N–H and O–H groups in total. The molecule has 0 aliphatic heterocycles. The lowest BCUT2D eigenvalue weighted by Crippen LogP contribution is -2.32. The van der Waals surface area contributed by atoms with Gasteiger partial charge in [0.25, 0.3) is 0 Å². The molecule has 20 heavy (non-hydrogen) atoms. The Kier molecular flexibility index (Phi) is 6.48.